The average molecular weight is 683 g/mol. The number of rotatable bonds is 18. The lowest BCUT2D eigenvalue weighted by Gasteiger charge is -2.22. The van der Waals surface area contributed by atoms with Gasteiger partial charge in [0.05, 0.1) is 35.2 Å². The minimum absolute atomic E-state index is 0.141. The molecule has 8 nitrogen and oxygen atoms in total. The van der Waals surface area contributed by atoms with Crippen molar-refractivity contribution < 1.29 is 18.5 Å². The van der Waals surface area contributed by atoms with Gasteiger partial charge in [0.2, 0.25) is 0 Å². The maximum absolute atomic E-state index is 13.6. The minimum Gasteiger partial charge on any atom is -0.491 e. The summed E-state index contributed by atoms with van der Waals surface area (Å²) in [5.74, 6) is 1.08. The van der Waals surface area contributed by atoms with E-state index in [0.717, 1.165) is 84.2 Å². The SMILES string of the molecule is CCCCOCCOc1ccc(-c2ccc(N3CCCC3)c(C=C(CC)C(=O)Nc3ccc([S@@](=O)Cc4cncn4CCC)cc3)c2)cc1. The van der Waals surface area contributed by atoms with Gasteiger partial charge in [-0.1, -0.05) is 45.4 Å². The maximum atomic E-state index is 13.6. The molecule has 4 aromatic rings. The second kappa shape index (κ2) is 18.5. The van der Waals surface area contributed by atoms with E-state index in [9.17, 15) is 9.00 Å². The lowest BCUT2D eigenvalue weighted by atomic mass is 9.99. The fourth-order valence-corrected chi connectivity index (χ4v) is 7.07. The average Bonchev–Trinajstić information content (AvgIpc) is 3.82. The number of nitrogens with zero attached hydrogens (tertiary/aromatic N) is 3. The molecule has 0 saturated carbocycles. The molecule has 0 unspecified atom stereocenters. The molecule has 260 valence electrons. The van der Waals surface area contributed by atoms with Crippen molar-refractivity contribution in [2.45, 2.75) is 76.5 Å². The van der Waals surface area contributed by atoms with Crippen LogP contribution in [0.1, 0.15) is 70.6 Å². The first kappa shape index (κ1) is 36.1. The molecule has 2 heterocycles. The van der Waals surface area contributed by atoms with Crippen LogP contribution in [0.3, 0.4) is 0 Å². The summed E-state index contributed by atoms with van der Waals surface area (Å²) in [6.45, 7) is 11.0. The smallest absolute Gasteiger partial charge is 0.251 e. The summed E-state index contributed by atoms with van der Waals surface area (Å²) < 4.78 is 26.6. The van der Waals surface area contributed by atoms with Crippen molar-refractivity contribution in [3.8, 4) is 16.9 Å². The summed E-state index contributed by atoms with van der Waals surface area (Å²) >= 11 is 0. The van der Waals surface area contributed by atoms with E-state index in [-0.39, 0.29) is 5.91 Å². The van der Waals surface area contributed by atoms with Gasteiger partial charge in [-0.15, -0.1) is 0 Å². The number of imidazole rings is 1. The predicted octanol–water partition coefficient (Wildman–Crippen LogP) is 8.50. The largest absolute Gasteiger partial charge is 0.491 e. The summed E-state index contributed by atoms with van der Waals surface area (Å²) in [5, 5.41) is 3.07. The van der Waals surface area contributed by atoms with Gasteiger partial charge in [0.15, 0.2) is 0 Å². The van der Waals surface area contributed by atoms with Crippen molar-refractivity contribution in [2.75, 3.05) is 43.1 Å². The van der Waals surface area contributed by atoms with E-state index in [4.69, 9.17) is 9.47 Å². The number of hydrogen-bond acceptors (Lipinski definition) is 6. The van der Waals surface area contributed by atoms with E-state index in [2.05, 4.69) is 63.9 Å². The van der Waals surface area contributed by atoms with Crippen molar-refractivity contribution in [1.82, 2.24) is 9.55 Å². The van der Waals surface area contributed by atoms with E-state index >= 15 is 0 Å². The first-order chi connectivity index (χ1) is 24.0. The number of anilines is 2. The molecule has 0 bridgehead atoms. The first-order valence-corrected chi connectivity index (χ1v) is 19.0. The summed E-state index contributed by atoms with van der Waals surface area (Å²) in [6.07, 6.45) is 11.7. The molecule has 1 atom stereocenters. The van der Waals surface area contributed by atoms with Gasteiger partial charge in [-0.3, -0.25) is 9.00 Å². The van der Waals surface area contributed by atoms with Gasteiger partial charge in [-0.2, -0.15) is 0 Å². The van der Waals surface area contributed by atoms with Crippen LogP contribution in [-0.4, -0.2) is 52.6 Å². The molecule has 1 amide bonds. The van der Waals surface area contributed by atoms with Crippen LogP contribution >= 0.6 is 0 Å². The van der Waals surface area contributed by atoms with E-state index in [1.807, 2.05) is 49.4 Å². The highest BCUT2D eigenvalue weighted by Crippen LogP contribution is 2.32. The van der Waals surface area contributed by atoms with Crippen molar-refractivity contribution in [1.29, 1.82) is 0 Å². The van der Waals surface area contributed by atoms with Gasteiger partial charge in [0, 0.05) is 54.3 Å². The van der Waals surface area contributed by atoms with Gasteiger partial charge in [0.25, 0.3) is 5.91 Å². The summed E-state index contributed by atoms with van der Waals surface area (Å²) in [7, 11) is -1.21. The Balaban J connectivity index is 1.28. The van der Waals surface area contributed by atoms with Gasteiger partial charge in [0.1, 0.15) is 12.4 Å². The number of benzene rings is 3. The van der Waals surface area contributed by atoms with Gasteiger partial charge >= 0.3 is 0 Å². The molecule has 3 aromatic carbocycles. The van der Waals surface area contributed by atoms with Crippen LogP contribution < -0.4 is 15.0 Å². The Morgan fingerprint density at radius 1 is 0.918 bits per heavy atom. The zero-order valence-electron chi connectivity index (χ0n) is 29.2. The number of carbonyl (C=O) groups excluding carboxylic acids is 1. The van der Waals surface area contributed by atoms with Crippen LogP contribution in [0.15, 0.2) is 89.7 Å². The fourth-order valence-electron chi connectivity index (χ4n) is 5.95. The van der Waals surface area contributed by atoms with Crippen LogP contribution in [0.2, 0.25) is 0 Å². The molecule has 1 saturated heterocycles. The monoisotopic (exact) mass is 682 g/mol. The normalized spacial score (nSPS) is 13.9. The Kier molecular flexibility index (Phi) is 13.6. The number of amides is 1. The highest BCUT2D eigenvalue weighted by atomic mass is 32.2. The molecule has 0 radical (unpaired) electrons. The van der Waals surface area contributed by atoms with E-state index in [1.165, 1.54) is 12.8 Å². The summed E-state index contributed by atoms with van der Waals surface area (Å²) in [5.41, 5.74) is 6.67. The zero-order chi connectivity index (χ0) is 34.4. The van der Waals surface area contributed by atoms with Gasteiger partial charge < -0.3 is 24.3 Å². The number of ether oxygens (including phenoxy) is 2. The molecule has 0 aliphatic carbocycles. The Morgan fingerprint density at radius 2 is 1.67 bits per heavy atom. The molecule has 1 aliphatic heterocycles. The Bertz CT molecular complexity index is 1690. The molecule has 9 heteroatoms. The molecular weight excluding hydrogens is 633 g/mol. The predicted molar refractivity (Wildman–Crippen MR) is 201 cm³/mol. The van der Waals surface area contributed by atoms with Gasteiger partial charge in [-0.25, -0.2) is 4.98 Å². The Labute approximate surface area is 294 Å². The number of aryl methyl sites for hydroxylation is 1. The Hall–Kier alpha value is -4.21. The molecule has 49 heavy (non-hydrogen) atoms. The van der Waals surface area contributed by atoms with Crippen LogP contribution in [0.25, 0.3) is 17.2 Å². The van der Waals surface area contributed by atoms with Crippen LogP contribution in [0, 0.1) is 0 Å². The van der Waals surface area contributed by atoms with Gasteiger partial charge in [-0.05, 0) is 103 Å². The topological polar surface area (TPSA) is 85.7 Å². The highest BCUT2D eigenvalue weighted by Gasteiger charge is 2.18. The maximum Gasteiger partial charge on any atom is 0.251 e. The van der Waals surface area contributed by atoms with E-state index in [1.54, 1.807) is 12.5 Å². The quantitative estimate of drug-likeness (QED) is 0.0837. The number of hydrogen-bond donors (Lipinski definition) is 1. The van der Waals surface area contributed by atoms with Crippen molar-refractivity contribution in [3.63, 3.8) is 0 Å². The van der Waals surface area contributed by atoms with Crippen molar-refractivity contribution in [2.24, 2.45) is 0 Å². The number of unbranched alkanes of at least 4 members (excludes halogenated alkanes) is 1. The molecule has 1 fully saturated rings. The summed E-state index contributed by atoms with van der Waals surface area (Å²) in [6, 6.07) is 22.0. The number of aromatic nitrogens is 2. The third-order valence-electron chi connectivity index (χ3n) is 8.72. The van der Waals surface area contributed by atoms with Crippen LogP contribution in [0.5, 0.6) is 5.75 Å². The molecule has 0 spiro atoms. The third kappa shape index (κ3) is 10.2. The van der Waals surface area contributed by atoms with Crippen LogP contribution in [0.4, 0.5) is 11.4 Å². The minimum atomic E-state index is -1.21. The Morgan fingerprint density at radius 3 is 2.39 bits per heavy atom. The molecule has 1 aliphatic rings. The first-order valence-electron chi connectivity index (χ1n) is 17.7. The molecular formula is C40H50N4O4S. The standard InChI is InChI=1S/C40H50N4O4S/c1-4-7-23-47-24-25-48-37-15-10-32(11-16-37)33-12-19-39(43-21-8-9-22-43)34(27-33)26-31(6-3)40(45)42-35-13-17-38(18-14-35)49(46)29-36-28-41-30-44(36)20-5-2/h10-19,26-28,30H,4-9,20-25,29H2,1-3H3,(H,42,45)/t49-/m0/s1. The lowest BCUT2D eigenvalue weighted by molar-refractivity contribution is -0.112. The fraction of sp³-hybridized carbons (Fsp3) is 0.400. The summed E-state index contributed by atoms with van der Waals surface area (Å²) in [4.78, 5) is 20.9. The second-order valence-electron chi connectivity index (χ2n) is 12.4. The number of carbonyl (C=O) groups is 1. The molecule has 1 N–H and O–H groups in total. The van der Waals surface area contributed by atoms with Crippen LogP contribution in [-0.2, 0) is 32.6 Å². The zero-order valence-corrected chi connectivity index (χ0v) is 30.0. The van der Waals surface area contributed by atoms with Crippen molar-refractivity contribution >= 4 is 34.2 Å². The molecule has 1 aromatic heterocycles. The van der Waals surface area contributed by atoms with E-state index in [0.29, 0.717) is 36.6 Å². The number of nitrogens with one attached hydrogen (secondary N) is 1. The van der Waals surface area contributed by atoms with Crippen molar-refractivity contribution in [3.05, 3.63) is 96.1 Å². The lowest BCUT2D eigenvalue weighted by Crippen LogP contribution is -2.19. The second-order valence-corrected chi connectivity index (χ2v) is 13.8. The molecule has 5 rings (SSSR count). The third-order valence-corrected chi connectivity index (χ3v) is 10.1. The highest BCUT2D eigenvalue weighted by molar-refractivity contribution is 7.84. The van der Waals surface area contributed by atoms with E-state index < -0.39 is 10.8 Å².